The van der Waals surface area contributed by atoms with E-state index in [9.17, 15) is 22.0 Å². The van der Waals surface area contributed by atoms with Gasteiger partial charge in [0.05, 0.1) is 4.90 Å². The van der Waals surface area contributed by atoms with Crippen LogP contribution in [0.25, 0.3) is 0 Å². The van der Waals surface area contributed by atoms with Crippen LogP contribution in [-0.2, 0) is 14.8 Å². The molecule has 1 amide bonds. The SMILES string of the molecule is O=C(Nc1ccc(F)cc1)C1CCN(S(=O)(=O)c2ccc(OCCF)cc2)CC1. The number of hydrogen-bond acceptors (Lipinski definition) is 4. The topological polar surface area (TPSA) is 75.7 Å². The highest BCUT2D eigenvalue weighted by molar-refractivity contribution is 7.89. The van der Waals surface area contributed by atoms with Crippen molar-refractivity contribution in [2.24, 2.45) is 5.92 Å². The van der Waals surface area contributed by atoms with Gasteiger partial charge in [-0.25, -0.2) is 17.2 Å². The van der Waals surface area contributed by atoms with Crippen LogP contribution in [0.2, 0.25) is 0 Å². The summed E-state index contributed by atoms with van der Waals surface area (Å²) in [6.07, 6.45) is 0.786. The van der Waals surface area contributed by atoms with Gasteiger partial charge in [0.1, 0.15) is 24.8 Å². The lowest BCUT2D eigenvalue weighted by Crippen LogP contribution is -2.41. The molecular weight excluding hydrogens is 402 g/mol. The highest BCUT2D eigenvalue weighted by Gasteiger charge is 2.32. The molecule has 9 heteroatoms. The average Bonchev–Trinajstić information content (AvgIpc) is 2.74. The van der Waals surface area contributed by atoms with E-state index in [1.165, 1.54) is 52.8 Å². The second-order valence-electron chi connectivity index (χ2n) is 6.68. The lowest BCUT2D eigenvalue weighted by atomic mass is 9.97. The van der Waals surface area contributed by atoms with Crippen LogP contribution in [0.5, 0.6) is 5.75 Å². The fourth-order valence-corrected chi connectivity index (χ4v) is 4.62. The summed E-state index contributed by atoms with van der Waals surface area (Å²) in [5.74, 6) is -0.507. The highest BCUT2D eigenvalue weighted by atomic mass is 32.2. The Morgan fingerprint density at radius 1 is 1.07 bits per heavy atom. The molecule has 1 aliphatic heterocycles. The molecule has 0 saturated carbocycles. The fraction of sp³-hybridized carbons (Fsp3) is 0.350. The van der Waals surface area contributed by atoms with Crippen molar-refractivity contribution in [2.45, 2.75) is 17.7 Å². The first-order chi connectivity index (χ1) is 13.9. The van der Waals surface area contributed by atoms with Crippen molar-refractivity contribution in [1.82, 2.24) is 4.31 Å². The van der Waals surface area contributed by atoms with E-state index in [1.54, 1.807) is 0 Å². The van der Waals surface area contributed by atoms with Crippen LogP contribution in [0.15, 0.2) is 53.4 Å². The number of halogens is 2. The van der Waals surface area contributed by atoms with Gasteiger partial charge in [0.25, 0.3) is 0 Å². The number of piperidine rings is 1. The maximum atomic E-state index is 13.0. The van der Waals surface area contributed by atoms with Crippen molar-refractivity contribution in [2.75, 3.05) is 31.7 Å². The van der Waals surface area contributed by atoms with Crippen molar-refractivity contribution in [3.63, 3.8) is 0 Å². The largest absolute Gasteiger partial charge is 0.491 e. The first-order valence-corrected chi connectivity index (χ1v) is 10.7. The number of anilines is 1. The summed E-state index contributed by atoms with van der Waals surface area (Å²) in [6, 6.07) is 11.3. The van der Waals surface area contributed by atoms with E-state index >= 15 is 0 Å². The van der Waals surface area contributed by atoms with Gasteiger partial charge in [-0.15, -0.1) is 0 Å². The zero-order valence-electron chi connectivity index (χ0n) is 15.7. The summed E-state index contributed by atoms with van der Waals surface area (Å²) in [5.41, 5.74) is 0.501. The van der Waals surface area contributed by atoms with Gasteiger partial charge in [-0.2, -0.15) is 4.31 Å². The Hall–Kier alpha value is -2.52. The number of amides is 1. The van der Waals surface area contributed by atoms with Gasteiger partial charge in [-0.05, 0) is 61.4 Å². The molecule has 1 aliphatic rings. The van der Waals surface area contributed by atoms with Gasteiger partial charge >= 0.3 is 0 Å². The molecule has 3 rings (SSSR count). The van der Waals surface area contributed by atoms with Crippen LogP contribution in [0, 0.1) is 11.7 Å². The monoisotopic (exact) mass is 424 g/mol. The average molecular weight is 424 g/mol. The van der Waals surface area contributed by atoms with Crippen LogP contribution in [-0.4, -0.2) is 45.0 Å². The Balaban J connectivity index is 1.57. The van der Waals surface area contributed by atoms with Crippen molar-refractivity contribution >= 4 is 21.6 Å². The Morgan fingerprint density at radius 3 is 2.28 bits per heavy atom. The predicted octanol–water partition coefficient (Wildman–Crippen LogP) is 3.21. The molecule has 29 heavy (non-hydrogen) atoms. The molecule has 1 heterocycles. The van der Waals surface area contributed by atoms with Gasteiger partial charge in [0.2, 0.25) is 15.9 Å². The molecule has 0 unspecified atom stereocenters. The van der Waals surface area contributed by atoms with Gasteiger partial charge in [0.15, 0.2) is 0 Å². The number of nitrogens with zero attached hydrogens (tertiary/aromatic N) is 1. The molecule has 0 radical (unpaired) electrons. The molecule has 2 aromatic rings. The molecule has 0 aromatic heterocycles. The molecule has 0 spiro atoms. The molecule has 6 nitrogen and oxygen atoms in total. The Bertz CT molecular complexity index is 926. The number of benzene rings is 2. The number of rotatable bonds is 7. The molecule has 1 saturated heterocycles. The maximum Gasteiger partial charge on any atom is 0.243 e. The summed E-state index contributed by atoms with van der Waals surface area (Å²) in [6.45, 7) is -0.253. The predicted molar refractivity (Wildman–Crippen MR) is 104 cm³/mol. The second-order valence-corrected chi connectivity index (χ2v) is 8.62. The zero-order valence-corrected chi connectivity index (χ0v) is 16.5. The molecule has 2 aromatic carbocycles. The van der Waals surface area contributed by atoms with Crippen molar-refractivity contribution < 1.29 is 26.7 Å². The van der Waals surface area contributed by atoms with E-state index in [2.05, 4.69) is 5.32 Å². The number of carbonyl (C=O) groups excluding carboxylic acids is 1. The standard InChI is InChI=1S/C20H22F2N2O4S/c21-11-14-28-18-5-7-19(8-6-18)29(26,27)24-12-9-15(10-13-24)20(25)23-17-3-1-16(22)2-4-17/h1-8,15H,9-14H2,(H,23,25). The van der Waals surface area contributed by atoms with E-state index in [0.29, 0.717) is 24.3 Å². The Kier molecular flexibility index (Phi) is 6.81. The van der Waals surface area contributed by atoms with E-state index in [4.69, 9.17) is 4.74 Å². The minimum Gasteiger partial charge on any atom is -0.491 e. The van der Waals surface area contributed by atoms with Crippen LogP contribution < -0.4 is 10.1 Å². The van der Waals surface area contributed by atoms with E-state index in [0.717, 1.165) is 0 Å². The first-order valence-electron chi connectivity index (χ1n) is 9.25. The van der Waals surface area contributed by atoms with Gasteiger partial charge < -0.3 is 10.1 Å². The lowest BCUT2D eigenvalue weighted by molar-refractivity contribution is -0.120. The summed E-state index contributed by atoms with van der Waals surface area (Å²) in [5, 5.41) is 2.73. The summed E-state index contributed by atoms with van der Waals surface area (Å²) >= 11 is 0. The maximum absolute atomic E-state index is 13.0. The third-order valence-corrected chi connectivity index (χ3v) is 6.66. The number of sulfonamides is 1. The minimum absolute atomic E-state index is 0.0837. The van der Waals surface area contributed by atoms with Crippen molar-refractivity contribution in [3.05, 3.63) is 54.3 Å². The van der Waals surface area contributed by atoms with Gasteiger partial charge in [-0.3, -0.25) is 4.79 Å². The Morgan fingerprint density at radius 2 is 1.69 bits per heavy atom. The number of carbonyl (C=O) groups is 1. The van der Waals surface area contributed by atoms with Crippen molar-refractivity contribution in [3.8, 4) is 5.75 Å². The fourth-order valence-electron chi connectivity index (χ4n) is 3.15. The molecule has 1 fully saturated rings. The second kappa shape index (κ2) is 9.32. The first kappa shape index (κ1) is 21.2. The number of hydrogen-bond donors (Lipinski definition) is 1. The van der Waals surface area contributed by atoms with Crippen molar-refractivity contribution in [1.29, 1.82) is 0 Å². The number of nitrogens with one attached hydrogen (secondary N) is 1. The van der Waals surface area contributed by atoms with E-state index in [-0.39, 0.29) is 42.2 Å². The van der Waals surface area contributed by atoms with Crippen LogP contribution in [0.4, 0.5) is 14.5 Å². The summed E-state index contributed by atoms with van der Waals surface area (Å²) in [4.78, 5) is 12.5. The zero-order chi connectivity index (χ0) is 20.9. The lowest BCUT2D eigenvalue weighted by Gasteiger charge is -2.30. The number of alkyl halides is 1. The molecule has 0 bridgehead atoms. The Labute approximate surface area is 168 Å². The van der Waals surface area contributed by atoms with Gasteiger partial charge in [-0.1, -0.05) is 0 Å². The third kappa shape index (κ3) is 5.30. The molecule has 0 atom stereocenters. The van der Waals surface area contributed by atoms with Crippen LogP contribution in [0.3, 0.4) is 0 Å². The molecule has 0 aliphatic carbocycles. The third-order valence-electron chi connectivity index (χ3n) is 4.74. The minimum atomic E-state index is -3.68. The molecule has 1 N–H and O–H groups in total. The highest BCUT2D eigenvalue weighted by Crippen LogP contribution is 2.26. The molecular formula is C20H22F2N2O4S. The summed E-state index contributed by atoms with van der Waals surface area (Å²) in [7, 11) is -3.68. The smallest absolute Gasteiger partial charge is 0.243 e. The number of ether oxygens (including phenoxy) is 1. The van der Waals surface area contributed by atoms with Gasteiger partial charge in [0, 0.05) is 24.7 Å². The van der Waals surface area contributed by atoms with E-state index < -0.39 is 16.7 Å². The molecule has 156 valence electrons. The van der Waals surface area contributed by atoms with Crippen LogP contribution in [0.1, 0.15) is 12.8 Å². The normalized spacial score (nSPS) is 15.8. The van der Waals surface area contributed by atoms with Crippen LogP contribution >= 0.6 is 0 Å². The van der Waals surface area contributed by atoms with E-state index in [1.807, 2.05) is 0 Å². The summed E-state index contributed by atoms with van der Waals surface area (Å²) < 4.78 is 57.2. The quantitative estimate of drug-likeness (QED) is 0.741.